The van der Waals surface area contributed by atoms with Gasteiger partial charge in [-0.1, -0.05) is 26.8 Å². The van der Waals surface area contributed by atoms with Crippen molar-refractivity contribution in [2.45, 2.75) is 26.2 Å². The molecule has 0 aliphatic heterocycles. The van der Waals surface area contributed by atoms with Gasteiger partial charge in [-0.05, 0) is 40.8 Å². The Morgan fingerprint density at radius 2 is 1.71 bits per heavy atom. The number of nitrogens with two attached hydrogens (primary N) is 2. The predicted octanol–water partition coefficient (Wildman–Crippen LogP) is 3.04. The van der Waals surface area contributed by atoms with Gasteiger partial charge in [0.1, 0.15) is 5.75 Å². The summed E-state index contributed by atoms with van der Waals surface area (Å²) in [6.07, 6.45) is 0. The fraction of sp³-hybridized carbons (Fsp3) is 0.235. The van der Waals surface area contributed by atoms with Gasteiger partial charge in [-0.2, -0.15) is 0 Å². The molecule has 5 N–H and O–H groups in total. The Kier molecular flexibility index (Phi) is 3.64. The highest BCUT2D eigenvalue weighted by atomic mass is 16.3. The lowest BCUT2D eigenvalue weighted by molar-refractivity contribution is 0.100. The van der Waals surface area contributed by atoms with Crippen molar-refractivity contribution in [2.24, 2.45) is 5.73 Å². The summed E-state index contributed by atoms with van der Waals surface area (Å²) in [7, 11) is 0. The zero-order chi connectivity index (χ0) is 15.8. The van der Waals surface area contributed by atoms with Gasteiger partial charge < -0.3 is 16.6 Å². The van der Waals surface area contributed by atoms with E-state index in [0.717, 1.165) is 5.56 Å². The highest BCUT2D eigenvalue weighted by Gasteiger charge is 2.19. The van der Waals surface area contributed by atoms with Crippen LogP contribution in [0.3, 0.4) is 0 Å². The molecule has 0 aliphatic rings. The number of carbonyl (C=O) groups is 1. The standard InChI is InChI=1S/C17H20N2O2/c1-17(2,3)10-4-6-13(16(19)21)14(8-10)12-7-5-11(18)9-15(12)20/h4-9,20H,18H2,1-3H3,(H2,19,21). The molecular formula is C17H20N2O2. The number of hydrogen-bond acceptors (Lipinski definition) is 3. The number of nitrogen functional groups attached to an aromatic ring is 1. The fourth-order valence-electron chi connectivity index (χ4n) is 2.22. The zero-order valence-electron chi connectivity index (χ0n) is 12.5. The van der Waals surface area contributed by atoms with E-state index in [-0.39, 0.29) is 11.2 Å². The molecular weight excluding hydrogens is 264 g/mol. The first-order valence-corrected chi connectivity index (χ1v) is 6.73. The van der Waals surface area contributed by atoms with E-state index in [1.165, 1.54) is 6.07 Å². The minimum Gasteiger partial charge on any atom is -0.507 e. The second-order valence-corrected chi connectivity index (χ2v) is 6.15. The van der Waals surface area contributed by atoms with Crippen molar-refractivity contribution in [3.05, 3.63) is 47.5 Å². The van der Waals surface area contributed by atoms with Crippen molar-refractivity contribution >= 4 is 11.6 Å². The maximum Gasteiger partial charge on any atom is 0.249 e. The third-order valence-corrected chi connectivity index (χ3v) is 3.46. The summed E-state index contributed by atoms with van der Waals surface area (Å²) in [5.41, 5.74) is 14.1. The van der Waals surface area contributed by atoms with E-state index in [9.17, 15) is 9.90 Å². The molecule has 2 aromatic rings. The van der Waals surface area contributed by atoms with Crippen molar-refractivity contribution < 1.29 is 9.90 Å². The summed E-state index contributed by atoms with van der Waals surface area (Å²) in [5, 5.41) is 10.1. The number of carbonyl (C=O) groups excluding carboxylic acids is 1. The summed E-state index contributed by atoms with van der Waals surface area (Å²) in [5.74, 6) is -0.495. The second kappa shape index (κ2) is 5.13. The molecule has 0 bridgehead atoms. The van der Waals surface area contributed by atoms with Crippen LogP contribution in [-0.4, -0.2) is 11.0 Å². The van der Waals surface area contributed by atoms with Crippen molar-refractivity contribution in [2.75, 3.05) is 5.73 Å². The molecule has 1 amide bonds. The van der Waals surface area contributed by atoms with E-state index in [4.69, 9.17) is 11.5 Å². The monoisotopic (exact) mass is 284 g/mol. The Labute approximate surface area is 124 Å². The van der Waals surface area contributed by atoms with Crippen LogP contribution in [0.2, 0.25) is 0 Å². The van der Waals surface area contributed by atoms with Gasteiger partial charge in [0.05, 0.1) is 0 Å². The van der Waals surface area contributed by atoms with Gasteiger partial charge >= 0.3 is 0 Å². The highest BCUT2D eigenvalue weighted by Crippen LogP contribution is 2.35. The largest absolute Gasteiger partial charge is 0.507 e. The molecule has 2 aromatic carbocycles. The van der Waals surface area contributed by atoms with Gasteiger partial charge in [0, 0.05) is 22.9 Å². The minimum atomic E-state index is -0.526. The average Bonchev–Trinajstić information content (AvgIpc) is 2.37. The number of primary amides is 1. The van der Waals surface area contributed by atoms with Gasteiger partial charge in [-0.25, -0.2) is 0 Å². The Balaban J connectivity index is 2.72. The van der Waals surface area contributed by atoms with E-state index in [0.29, 0.717) is 22.4 Å². The van der Waals surface area contributed by atoms with Crippen molar-refractivity contribution in [3.63, 3.8) is 0 Å². The number of benzene rings is 2. The van der Waals surface area contributed by atoms with Gasteiger partial charge in [0.2, 0.25) is 5.91 Å². The van der Waals surface area contributed by atoms with Gasteiger partial charge in [-0.15, -0.1) is 0 Å². The van der Waals surface area contributed by atoms with Crippen LogP contribution in [0.15, 0.2) is 36.4 Å². The minimum absolute atomic E-state index is 0.0311. The number of hydrogen-bond donors (Lipinski definition) is 3. The van der Waals surface area contributed by atoms with Gasteiger partial charge in [-0.3, -0.25) is 4.79 Å². The number of phenolic OH excluding ortho intramolecular Hbond substituents is 1. The number of amides is 1. The third-order valence-electron chi connectivity index (χ3n) is 3.46. The average molecular weight is 284 g/mol. The molecule has 0 aromatic heterocycles. The molecule has 0 spiro atoms. The van der Waals surface area contributed by atoms with Crippen LogP contribution < -0.4 is 11.5 Å². The Morgan fingerprint density at radius 1 is 1.05 bits per heavy atom. The third kappa shape index (κ3) is 2.99. The second-order valence-electron chi connectivity index (χ2n) is 6.15. The molecule has 0 heterocycles. The van der Waals surface area contributed by atoms with E-state index < -0.39 is 5.91 Å². The van der Waals surface area contributed by atoms with E-state index in [2.05, 4.69) is 20.8 Å². The van der Waals surface area contributed by atoms with E-state index >= 15 is 0 Å². The van der Waals surface area contributed by atoms with E-state index in [1.54, 1.807) is 18.2 Å². The van der Waals surface area contributed by atoms with Crippen LogP contribution in [0.1, 0.15) is 36.7 Å². The van der Waals surface area contributed by atoms with Crippen LogP contribution in [0.25, 0.3) is 11.1 Å². The van der Waals surface area contributed by atoms with Crippen LogP contribution in [0.5, 0.6) is 5.75 Å². The number of rotatable bonds is 2. The molecule has 0 saturated carbocycles. The van der Waals surface area contributed by atoms with E-state index in [1.807, 2.05) is 12.1 Å². The lowest BCUT2D eigenvalue weighted by Gasteiger charge is -2.21. The molecule has 0 saturated heterocycles. The maximum atomic E-state index is 11.7. The highest BCUT2D eigenvalue weighted by molar-refractivity contribution is 6.00. The first kappa shape index (κ1) is 14.9. The number of anilines is 1. The lowest BCUT2D eigenvalue weighted by Crippen LogP contribution is -2.15. The van der Waals surface area contributed by atoms with Crippen LogP contribution in [0.4, 0.5) is 5.69 Å². The first-order valence-electron chi connectivity index (χ1n) is 6.73. The molecule has 0 radical (unpaired) electrons. The molecule has 2 rings (SSSR count). The van der Waals surface area contributed by atoms with Crippen molar-refractivity contribution in [3.8, 4) is 16.9 Å². The Bertz CT molecular complexity index is 700. The summed E-state index contributed by atoms with van der Waals surface area (Å²) in [6, 6.07) is 10.3. The van der Waals surface area contributed by atoms with Crippen LogP contribution >= 0.6 is 0 Å². The Morgan fingerprint density at radius 3 is 2.24 bits per heavy atom. The number of aromatic hydroxyl groups is 1. The molecule has 21 heavy (non-hydrogen) atoms. The summed E-state index contributed by atoms with van der Waals surface area (Å²) in [4.78, 5) is 11.7. The zero-order valence-corrected chi connectivity index (χ0v) is 12.5. The maximum absolute atomic E-state index is 11.7. The summed E-state index contributed by atoms with van der Waals surface area (Å²) in [6.45, 7) is 6.25. The molecule has 4 nitrogen and oxygen atoms in total. The SMILES string of the molecule is CC(C)(C)c1ccc(C(N)=O)c(-c2ccc(N)cc2O)c1. The first-order chi connectivity index (χ1) is 9.70. The molecule has 110 valence electrons. The lowest BCUT2D eigenvalue weighted by atomic mass is 9.84. The van der Waals surface area contributed by atoms with Crippen LogP contribution in [0, 0.1) is 0 Å². The smallest absolute Gasteiger partial charge is 0.249 e. The topological polar surface area (TPSA) is 89.3 Å². The number of phenols is 1. The van der Waals surface area contributed by atoms with Gasteiger partial charge in [0.25, 0.3) is 0 Å². The molecule has 4 heteroatoms. The molecule has 0 aliphatic carbocycles. The Hall–Kier alpha value is -2.49. The fourth-order valence-corrected chi connectivity index (χ4v) is 2.22. The van der Waals surface area contributed by atoms with Crippen LogP contribution in [-0.2, 0) is 5.41 Å². The van der Waals surface area contributed by atoms with Gasteiger partial charge in [0.15, 0.2) is 0 Å². The molecule has 0 atom stereocenters. The normalized spacial score (nSPS) is 11.4. The quantitative estimate of drug-likeness (QED) is 0.740. The van der Waals surface area contributed by atoms with Crippen molar-refractivity contribution in [1.29, 1.82) is 0 Å². The molecule has 0 unspecified atom stereocenters. The molecule has 0 fully saturated rings. The predicted molar refractivity (Wildman–Crippen MR) is 85.2 cm³/mol. The summed E-state index contributed by atoms with van der Waals surface area (Å²) < 4.78 is 0. The summed E-state index contributed by atoms with van der Waals surface area (Å²) >= 11 is 0. The van der Waals surface area contributed by atoms with Crippen molar-refractivity contribution in [1.82, 2.24) is 0 Å².